The molecule has 0 saturated carbocycles. The van der Waals surface area contributed by atoms with E-state index in [2.05, 4.69) is 9.82 Å². The maximum absolute atomic E-state index is 12.0. The molecule has 8 heteroatoms. The second kappa shape index (κ2) is 5.66. The van der Waals surface area contributed by atoms with E-state index in [9.17, 15) is 8.42 Å². The number of nitrogens with two attached hydrogens (primary N) is 1. The first-order chi connectivity index (χ1) is 8.27. The highest BCUT2D eigenvalue weighted by atomic mass is 32.2. The third kappa shape index (κ3) is 3.42. The van der Waals surface area contributed by atoms with E-state index in [1.54, 1.807) is 23.9 Å². The molecule has 102 valence electrons. The first-order valence-corrected chi connectivity index (χ1v) is 7.59. The van der Waals surface area contributed by atoms with Crippen LogP contribution in [0.3, 0.4) is 0 Å². The third-order valence-corrected chi connectivity index (χ3v) is 4.71. The lowest BCUT2D eigenvalue weighted by Crippen LogP contribution is -2.37. The van der Waals surface area contributed by atoms with Crippen LogP contribution >= 0.6 is 12.2 Å². The molecule has 1 atom stereocenters. The molecule has 0 radical (unpaired) electrons. The molecule has 1 unspecified atom stereocenters. The minimum absolute atomic E-state index is 0.0340. The van der Waals surface area contributed by atoms with E-state index >= 15 is 0 Å². The zero-order valence-electron chi connectivity index (χ0n) is 10.6. The van der Waals surface area contributed by atoms with Crippen LogP contribution < -0.4 is 10.5 Å². The van der Waals surface area contributed by atoms with Crippen molar-refractivity contribution in [2.45, 2.75) is 38.5 Å². The third-order valence-electron chi connectivity index (χ3n) is 2.45. The van der Waals surface area contributed by atoms with Gasteiger partial charge in [0.05, 0.1) is 4.99 Å². The van der Waals surface area contributed by atoms with Crippen molar-refractivity contribution < 1.29 is 8.42 Å². The van der Waals surface area contributed by atoms with Crippen molar-refractivity contribution in [1.29, 1.82) is 0 Å². The second-order valence-corrected chi connectivity index (χ2v) is 6.56. The molecule has 0 aromatic carbocycles. The number of anilines is 1. The zero-order valence-corrected chi connectivity index (χ0v) is 12.3. The minimum Gasteiger partial charge on any atom is -0.392 e. The molecule has 0 bridgehead atoms. The maximum atomic E-state index is 12.0. The van der Waals surface area contributed by atoms with Gasteiger partial charge in [-0.1, -0.05) is 19.1 Å². The van der Waals surface area contributed by atoms with E-state index < -0.39 is 15.3 Å². The summed E-state index contributed by atoms with van der Waals surface area (Å²) in [6, 6.07) is 1.77. The van der Waals surface area contributed by atoms with Crippen LogP contribution in [0.1, 0.15) is 33.2 Å². The van der Waals surface area contributed by atoms with Crippen molar-refractivity contribution in [2.75, 3.05) is 4.72 Å². The van der Waals surface area contributed by atoms with Gasteiger partial charge in [0.1, 0.15) is 5.25 Å². The molecular weight excluding hydrogens is 272 g/mol. The van der Waals surface area contributed by atoms with Crippen molar-refractivity contribution in [1.82, 2.24) is 9.78 Å². The Balaban J connectivity index is 2.91. The molecular formula is C10H18N4O2S2. The molecule has 0 aliphatic rings. The molecule has 0 spiro atoms. The maximum Gasteiger partial charge on any atom is 0.243 e. The fraction of sp³-hybridized carbons (Fsp3) is 0.600. The van der Waals surface area contributed by atoms with Crippen LogP contribution in [0.15, 0.2) is 12.3 Å². The number of aromatic nitrogens is 2. The van der Waals surface area contributed by atoms with Crippen LogP contribution in [-0.4, -0.2) is 28.4 Å². The number of sulfonamides is 1. The molecule has 18 heavy (non-hydrogen) atoms. The molecule has 0 fully saturated rings. The average molecular weight is 290 g/mol. The second-order valence-electron chi connectivity index (χ2n) is 4.22. The lowest BCUT2D eigenvalue weighted by Gasteiger charge is -2.14. The summed E-state index contributed by atoms with van der Waals surface area (Å²) in [6.07, 6.45) is 2.04. The highest BCUT2D eigenvalue weighted by Crippen LogP contribution is 2.14. The molecule has 3 N–H and O–H groups in total. The van der Waals surface area contributed by atoms with Gasteiger partial charge in [-0.15, -0.1) is 0 Å². The van der Waals surface area contributed by atoms with Crippen molar-refractivity contribution in [3.8, 4) is 0 Å². The Bertz CT molecular complexity index is 522. The van der Waals surface area contributed by atoms with Crippen molar-refractivity contribution in [2.24, 2.45) is 5.73 Å². The van der Waals surface area contributed by atoms with Gasteiger partial charge in [-0.25, -0.2) is 8.42 Å². The van der Waals surface area contributed by atoms with Crippen LogP contribution in [0, 0.1) is 0 Å². The normalized spacial score (nSPS) is 13.6. The molecule has 1 heterocycles. The SMILES string of the molecule is CCC(C(N)=S)S(=O)(=O)Nc1ccn(C(C)C)n1. The molecule has 0 aliphatic carbocycles. The number of thiocarbonyl (C=S) groups is 1. The Morgan fingerprint density at radius 1 is 1.61 bits per heavy atom. The van der Waals surface area contributed by atoms with Gasteiger partial charge in [0.25, 0.3) is 0 Å². The lowest BCUT2D eigenvalue weighted by molar-refractivity contribution is 0.534. The Morgan fingerprint density at radius 2 is 2.22 bits per heavy atom. The molecule has 1 aromatic rings. The molecule has 1 aromatic heterocycles. The molecule has 0 amide bonds. The Morgan fingerprint density at radius 3 is 2.61 bits per heavy atom. The van der Waals surface area contributed by atoms with Crippen molar-refractivity contribution >= 4 is 33.0 Å². The molecule has 1 rings (SSSR count). The van der Waals surface area contributed by atoms with Crippen LogP contribution in [-0.2, 0) is 10.0 Å². The minimum atomic E-state index is -3.63. The smallest absolute Gasteiger partial charge is 0.243 e. The number of nitrogens with one attached hydrogen (secondary N) is 1. The van der Waals surface area contributed by atoms with E-state index in [0.717, 1.165) is 0 Å². The van der Waals surface area contributed by atoms with Gasteiger partial charge in [0.15, 0.2) is 5.82 Å². The van der Waals surface area contributed by atoms with E-state index in [4.69, 9.17) is 18.0 Å². The average Bonchev–Trinajstić information content (AvgIpc) is 2.64. The van der Waals surface area contributed by atoms with E-state index in [1.165, 1.54) is 0 Å². The predicted molar refractivity (Wildman–Crippen MR) is 76.0 cm³/mol. The highest BCUT2D eigenvalue weighted by Gasteiger charge is 2.27. The van der Waals surface area contributed by atoms with Crippen molar-refractivity contribution in [3.05, 3.63) is 12.3 Å². The first-order valence-electron chi connectivity index (χ1n) is 5.64. The Kier molecular flexibility index (Phi) is 4.69. The highest BCUT2D eigenvalue weighted by molar-refractivity contribution is 7.95. The Labute approximate surface area is 113 Å². The first kappa shape index (κ1) is 14.9. The summed E-state index contributed by atoms with van der Waals surface area (Å²) in [4.78, 5) is -0.0340. The van der Waals surface area contributed by atoms with Gasteiger partial charge in [-0.3, -0.25) is 9.40 Å². The topological polar surface area (TPSA) is 90.0 Å². The van der Waals surface area contributed by atoms with Gasteiger partial charge in [0.2, 0.25) is 10.0 Å². The molecule has 0 saturated heterocycles. The fourth-order valence-electron chi connectivity index (χ4n) is 1.47. The summed E-state index contributed by atoms with van der Waals surface area (Å²) >= 11 is 4.76. The van der Waals surface area contributed by atoms with E-state index in [0.29, 0.717) is 6.42 Å². The van der Waals surface area contributed by atoms with Crippen LogP contribution in [0.2, 0.25) is 0 Å². The van der Waals surface area contributed by atoms with Gasteiger partial charge in [-0.2, -0.15) is 5.10 Å². The van der Waals surface area contributed by atoms with Crippen LogP contribution in [0.25, 0.3) is 0 Å². The summed E-state index contributed by atoms with van der Waals surface area (Å²) in [5.41, 5.74) is 5.43. The van der Waals surface area contributed by atoms with Crippen LogP contribution in [0.5, 0.6) is 0 Å². The zero-order chi connectivity index (χ0) is 13.9. The lowest BCUT2D eigenvalue weighted by atomic mass is 10.3. The van der Waals surface area contributed by atoms with E-state index in [1.807, 2.05) is 13.8 Å². The number of nitrogens with zero attached hydrogens (tertiary/aromatic N) is 2. The summed E-state index contributed by atoms with van der Waals surface area (Å²) < 4.78 is 28.1. The van der Waals surface area contributed by atoms with E-state index in [-0.39, 0.29) is 16.8 Å². The summed E-state index contributed by atoms with van der Waals surface area (Å²) in [5.74, 6) is 0.276. The van der Waals surface area contributed by atoms with Gasteiger partial charge < -0.3 is 5.73 Å². The molecule has 0 aliphatic heterocycles. The number of rotatable bonds is 6. The standard InChI is InChI=1S/C10H18N4O2S2/c1-4-8(10(11)17)18(15,16)13-9-5-6-14(12-9)7(2)3/h5-8H,4H2,1-3H3,(H2,11,17)(H,12,13). The monoisotopic (exact) mass is 290 g/mol. The predicted octanol–water partition coefficient (Wildman–Crippen LogP) is 1.27. The quantitative estimate of drug-likeness (QED) is 0.770. The van der Waals surface area contributed by atoms with Crippen LogP contribution in [0.4, 0.5) is 5.82 Å². The van der Waals surface area contributed by atoms with Crippen molar-refractivity contribution in [3.63, 3.8) is 0 Å². The van der Waals surface area contributed by atoms with Gasteiger partial charge in [-0.05, 0) is 20.3 Å². The summed E-state index contributed by atoms with van der Waals surface area (Å²) in [7, 11) is -3.63. The fourth-order valence-corrected chi connectivity index (χ4v) is 3.30. The summed E-state index contributed by atoms with van der Waals surface area (Å²) in [6.45, 7) is 5.63. The van der Waals surface area contributed by atoms with Gasteiger partial charge in [0, 0.05) is 18.3 Å². The van der Waals surface area contributed by atoms with Gasteiger partial charge >= 0.3 is 0 Å². The summed E-state index contributed by atoms with van der Waals surface area (Å²) in [5, 5.41) is 3.24. The largest absolute Gasteiger partial charge is 0.392 e. The Hall–Kier alpha value is -1.15. The number of hydrogen-bond acceptors (Lipinski definition) is 4. The molecule has 6 nitrogen and oxygen atoms in total. The number of hydrogen-bond donors (Lipinski definition) is 2.